The number of fused-ring (bicyclic) bond motifs is 6. The largest absolute Gasteiger partial charge is 0.332 e. The molecule has 3 aromatic carbocycles. The molecule has 198 valence electrons. The van der Waals surface area contributed by atoms with Crippen molar-refractivity contribution in [3.8, 4) is 0 Å². The first-order valence-electron chi connectivity index (χ1n) is 13.2. The molecule has 7 nitrogen and oxygen atoms in total. The zero-order chi connectivity index (χ0) is 27.3. The lowest BCUT2D eigenvalue weighted by molar-refractivity contribution is -0.166. The number of anilines is 1. The number of nitrogens with zero attached hydrogens (tertiary/aromatic N) is 3. The Bertz CT molecular complexity index is 1700. The van der Waals surface area contributed by atoms with Crippen molar-refractivity contribution in [3.05, 3.63) is 102 Å². The number of sulfonamides is 1. The highest BCUT2D eigenvalue weighted by Gasteiger charge is 2.73. The fourth-order valence-electron chi connectivity index (χ4n) is 7.44. The average Bonchev–Trinajstić information content (AvgIpc) is 3.58. The van der Waals surface area contributed by atoms with Crippen molar-refractivity contribution in [2.24, 2.45) is 0 Å². The van der Waals surface area contributed by atoms with E-state index in [1.807, 2.05) is 36.4 Å². The molecule has 2 fully saturated rings. The van der Waals surface area contributed by atoms with Crippen LogP contribution in [0.4, 0.5) is 5.69 Å². The summed E-state index contributed by atoms with van der Waals surface area (Å²) in [6.07, 6.45) is 2.22. The minimum absolute atomic E-state index is 0.144. The summed E-state index contributed by atoms with van der Waals surface area (Å²) in [5, 5.41) is 0. The number of carbonyl (C=O) groups is 2. The van der Waals surface area contributed by atoms with Gasteiger partial charge in [0, 0.05) is 7.05 Å². The molecular weight excluding hydrogens is 510 g/mol. The highest BCUT2D eigenvalue weighted by Crippen LogP contribution is 2.65. The zero-order valence-electron chi connectivity index (χ0n) is 22.0. The number of carbonyl (C=O) groups excluding carboxylic acids is 2. The fourth-order valence-corrected chi connectivity index (χ4v) is 9.12. The maximum Gasteiger partial charge on any atom is 0.266 e. The van der Waals surface area contributed by atoms with Crippen LogP contribution < -0.4 is 4.31 Å². The Morgan fingerprint density at radius 2 is 1.56 bits per heavy atom. The van der Waals surface area contributed by atoms with E-state index in [1.165, 1.54) is 9.21 Å². The molecule has 2 saturated heterocycles. The molecule has 0 saturated carbocycles. The van der Waals surface area contributed by atoms with Crippen LogP contribution in [0.15, 0.2) is 89.8 Å². The minimum atomic E-state index is -4.11. The van der Waals surface area contributed by atoms with Crippen LogP contribution in [-0.4, -0.2) is 54.8 Å². The van der Waals surface area contributed by atoms with Crippen molar-refractivity contribution in [3.63, 3.8) is 0 Å². The Morgan fingerprint density at radius 3 is 2.33 bits per heavy atom. The standard InChI is InChI=1S/C31H29N3O4S/c1-20-27(35)33-28-31(19-30(33,2)29(36)32(20)3,24-18-17-21-11-7-8-14-23(21)24)25-15-9-10-16-26(25)34(28)39(37,38)22-12-5-4-6-13-22/h4-16,18,20,28H,17,19H2,1-3H3/t20-,28-,30+,31-/m0/s1. The van der Waals surface area contributed by atoms with Crippen LogP contribution in [0.1, 0.15) is 37.0 Å². The molecule has 0 N–H and O–H groups in total. The number of amides is 2. The van der Waals surface area contributed by atoms with Crippen molar-refractivity contribution >= 4 is 33.1 Å². The van der Waals surface area contributed by atoms with Crippen LogP contribution in [0.2, 0.25) is 0 Å². The predicted octanol–water partition coefficient (Wildman–Crippen LogP) is 3.95. The lowest BCUT2D eigenvalue weighted by Crippen LogP contribution is -2.70. The Labute approximate surface area is 228 Å². The van der Waals surface area contributed by atoms with E-state index in [2.05, 4.69) is 18.2 Å². The minimum Gasteiger partial charge on any atom is -0.332 e. The lowest BCUT2D eigenvalue weighted by atomic mass is 9.68. The highest BCUT2D eigenvalue weighted by molar-refractivity contribution is 7.93. The van der Waals surface area contributed by atoms with Crippen molar-refractivity contribution in [1.82, 2.24) is 9.80 Å². The van der Waals surface area contributed by atoms with Gasteiger partial charge in [-0.2, -0.15) is 0 Å². The number of hydrogen-bond acceptors (Lipinski definition) is 4. The fraction of sp³-hybridized carbons (Fsp3) is 0.290. The van der Waals surface area contributed by atoms with Crippen molar-refractivity contribution < 1.29 is 18.0 Å². The SMILES string of the molecule is C[C@H]1C(=O)N2[C@H]3N(S(=O)(=O)c4ccccc4)c4ccccc4[C@@]3(C3=CCc4ccccc43)C[C@]2(C)C(=O)N1C. The Morgan fingerprint density at radius 1 is 0.897 bits per heavy atom. The first-order chi connectivity index (χ1) is 18.6. The van der Waals surface area contributed by atoms with Crippen LogP contribution in [0, 0.1) is 0 Å². The first-order valence-corrected chi connectivity index (χ1v) is 14.7. The van der Waals surface area contributed by atoms with Crippen LogP contribution in [-0.2, 0) is 31.4 Å². The van der Waals surface area contributed by atoms with E-state index in [9.17, 15) is 18.0 Å². The number of likely N-dealkylation sites (N-methyl/N-ethyl adjacent to an activating group) is 1. The van der Waals surface area contributed by atoms with E-state index in [0.29, 0.717) is 12.1 Å². The molecule has 0 bridgehead atoms. The summed E-state index contributed by atoms with van der Waals surface area (Å²) in [5.41, 5.74) is 2.39. The van der Waals surface area contributed by atoms with Gasteiger partial charge in [-0.1, -0.05) is 66.7 Å². The summed E-state index contributed by atoms with van der Waals surface area (Å²) in [7, 11) is -2.46. The van der Waals surface area contributed by atoms with Crippen LogP contribution in [0.3, 0.4) is 0 Å². The number of piperazine rings is 1. The smallest absolute Gasteiger partial charge is 0.266 e. The van der Waals surface area contributed by atoms with Gasteiger partial charge >= 0.3 is 0 Å². The second kappa shape index (κ2) is 7.82. The second-order valence-corrected chi connectivity index (χ2v) is 13.0. The molecule has 4 aliphatic rings. The van der Waals surface area contributed by atoms with E-state index in [1.54, 1.807) is 56.1 Å². The molecule has 8 heteroatoms. The normalized spacial score (nSPS) is 29.2. The van der Waals surface area contributed by atoms with Gasteiger partial charge in [-0.15, -0.1) is 0 Å². The van der Waals surface area contributed by atoms with Crippen LogP contribution >= 0.6 is 0 Å². The molecule has 0 radical (unpaired) electrons. The van der Waals surface area contributed by atoms with Gasteiger partial charge in [-0.25, -0.2) is 12.7 Å². The average molecular weight is 540 g/mol. The van der Waals surface area contributed by atoms with Gasteiger partial charge in [0.1, 0.15) is 17.7 Å². The van der Waals surface area contributed by atoms with Gasteiger partial charge in [0.25, 0.3) is 10.0 Å². The molecule has 1 aliphatic carbocycles. The van der Waals surface area contributed by atoms with Crippen molar-refractivity contribution in [2.45, 2.75) is 54.7 Å². The number of rotatable bonds is 3. The van der Waals surface area contributed by atoms with Gasteiger partial charge in [0.05, 0.1) is 16.0 Å². The third kappa shape index (κ3) is 2.84. The lowest BCUT2D eigenvalue weighted by Gasteiger charge is -2.48. The maximum absolute atomic E-state index is 14.5. The van der Waals surface area contributed by atoms with Gasteiger partial charge in [0.2, 0.25) is 11.8 Å². The third-order valence-corrected chi connectivity index (χ3v) is 11.0. The summed E-state index contributed by atoms with van der Waals surface area (Å²) < 4.78 is 30.5. The number of hydrogen-bond donors (Lipinski definition) is 0. The van der Waals surface area contributed by atoms with E-state index < -0.39 is 33.2 Å². The molecule has 0 spiro atoms. The molecule has 2 amide bonds. The zero-order valence-corrected chi connectivity index (χ0v) is 22.9. The molecule has 3 aliphatic heterocycles. The molecular formula is C31H29N3O4S. The van der Waals surface area contributed by atoms with E-state index in [4.69, 9.17) is 0 Å². The summed E-state index contributed by atoms with van der Waals surface area (Å²) in [5.74, 6) is -0.427. The number of para-hydroxylation sites is 1. The summed E-state index contributed by atoms with van der Waals surface area (Å²) in [6.45, 7) is 3.51. The highest BCUT2D eigenvalue weighted by atomic mass is 32.2. The molecule has 3 heterocycles. The summed E-state index contributed by atoms with van der Waals surface area (Å²) >= 11 is 0. The van der Waals surface area contributed by atoms with Gasteiger partial charge in [-0.3, -0.25) is 9.59 Å². The summed E-state index contributed by atoms with van der Waals surface area (Å²) in [4.78, 5) is 31.4. The monoisotopic (exact) mass is 539 g/mol. The van der Waals surface area contributed by atoms with Gasteiger partial charge in [0.15, 0.2) is 0 Å². The third-order valence-electron chi connectivity index (χ3n) is 9.26. The number of allylic oxidation sites excluding steroid dienone is 1. The molecule has 0 aromatic heterocycles. The second-order valence-electron chi connectivity index (χ2n) is 11.2. The maximum atomic E-state index is 14.5. The molecule has 4 atom stereocenters. The van der Waals surface area contributed by atoms with Crippen molar-refractivity contribution in [2.75, 3.05) is 11.4 Å². The van der Waals surface area contributed by atoms with E-state index >= 15 is 0 Å². The molecule has 0 unspecified atom stereocenters. The van der Waals surface area contributed by atoms with Gasteiger partial charge < -0.3 is 9.80 Å². The number of benzene rings is 3. The van der Waals surface area contributed by atoms with Crippen molar-refractivity contribution in [1.29, 1.82) is 0 Å². The molecule has 7 rings (SSSR count). The molecule has 3 aromatic rings. The van der Waals surface area contributed by atoms with Crippen LogP contribution in [0.25, 0.3) is 5.57 Å². The van der Waals surface area contributed by atoms with Gasteiger partial charge in [-0.05, 0) is 67.2 Å². The summed E-state index contributed by atoms with van der Waals surface area (Å²) in [6, 6.07) is 23.3. The predicted molar refractivity (Wildman–Crippen MR) is 148 cm³/mol. The Kier molecular flexibility index (Phi) is 4.84. The Hall–Kier alpha value is -3.91. The van der Waals surface area contributed by atoms with E-state index in [0.717, 1.165) is 22.3 Å². The topological polar surface area (TPSA) is 78.0 Å². The van der Waals surface area contributed by atoms with E-state index in [-0.39, 0.29) is 23.1 Å². The first kappa shape index (κ1) is 24.2. The van der Waals surface area contributed by atoms with Crippen LogP contribution in [0.5, 0.6) is 0 Å². The Balaban J connectivity index is 1.57. The molecule has 39 heavy (non-hydrogen) atoms. The quantitative estimate of drug-likeness (QED) is 0.505.